The van der Waals surface area contributed by atoms with E-state index in [-0.39, 0.29) is 6.54 Å². The van der Waals surface area contributed by atoms with Gasteiger partial charge in [-0.1, -0.05) is 0 Å². The number of rotatable bonds is 9. The second kappa shape index (κ2) is 9.19. The molecule has 0 bridgehead atoms. The highest BCUT2D eigenvalue weighted by molar-refractivity contribution is 7.98. The molecule has 0 fully saturated rings. The van der Waals surface area contributed by atoms with Crippen molar-refractivity contribution in [3.8, 4) is 0 Å². The summed E-state index contributed by atoms with van der Waals surface area (Å²) in [5.41, 5.74) is -1.46. The first-order chi connectivity index (χ1) is 10.1. The summed E-state index contributed by atoms with van der Waals surface area (Å²) in [4.78, 5) is 36.8. The molecular formula is C13H23N3O3S2. The highest BCUT2D eigenvalue weighted by atomic mass is 32.2. The molecule has 1 heterocycles. The van der Waals surface area contributed by atoms with Crippen LogP contribution in [0.25, 0.3) is 0 Å². The van der Waals surface area contributed by atoms with Crippen LogP contribution in [-0.4, -0.2) is 37.7 Å². The fourth-order valence-electron chi connectivity index (χ4n) is 2.07. The van der Waals surface area contributed by atoms with Crippen LogP contribution >= 0.6 is 23.5 Å². The van der Waals surface area contributed by atoms with Gasteiger partial charge in [0.1, 0.15) is 0 Å². The summed E-state index contributed by atoms with van der Waals surface area (Å²) in [5.74, 6) is 1.76. The van der Waals surface area contributed by atoms with Crippen molar-refractivity contribution in [1.82, 2.24) is 13.7 Å². The maximum absolute atomic E-state index is 12.4. The predicted octanol–water partition coefficient (Wildman–Crippen LogP) is 0.698. The molecule has 0 atom stereocenters. The minimum absolute atomic E-state index is 0.281. The Kier molecular flexibility index (Phi) is 7.95. The zero-order chi connectivity index (χ0) is 15.8. The summed E-state index contributed by atoms with van der Waals surface area (Å²) in [7, 11) is 0. The molecule has 0 N–H and O–H groups in total. The van der Waals surface area contributed by atoms with E-state index in [1.807, 2.05) is 12.5 Å². The largest absolute Gasteiger partial charge is 0.336 e. The summed E-state index contributed by atoms with van der Waals surface area (Å²) < 4.78 is 3.53. The van der Waals surface area contributed by atoms with Crippen LogP contribution in [0.1, 0.15) is 19.8 Å². The fourth-order valence-corrected chi connectivity index (χ4v) is 2.91. The topological polar surface area (TPSA) is 66.0 Å². The number of hydrogen-bond donors (Lipinski definition) is 0. The molecule has 120 valence electrons. The zero-order valence-corrected chi connectivity index (χ0v) is 14.5. The van der Waals surface area contributed by atoms with Crippen LogP contribution < -0.4 is 17.1 Å². The van der Waals surface area contributed by atoms with Gasteiger partial charge in [-0.15, -0.1) is 0 Å². The maximum Gasteiger partial charge on any atom is 0.336 e. The van der Waals surface area contributed by atoms with Gasteiger partial charge in [0.15, 0.2) is 0 Å². The molecular weight excluding hydrogens is 310 g/mol. The lowest BCUT2D eigenvalue weighted by atomic mass is 10.4. The lowest BCUT2D eigenvalue weighted by Crippen LogP contribution is -2.54. The van der Waals surface area contributed by atoms with Crippen molar-refractivity contribution in [3.63, 3.8) is 0 Å². The van der Waals surface area contributed by atoms with Crippen LogP contribution in [0, 0.1) is 0 Å². The highest BCUT2D eigenvalue weighted by Crippen LogP contribution is 1.97. The maximum atomic E-state index is 12.4. The SMILES string of the molecule is CCn1c(=O)n(CCCSC)c(=O)n(CCCSC)c1=O. The van der Waals surface area contributed by atoms with Gasteiger partial charge < -0.3 is 0 Å². The number of thioether (sulfide) groups is 2. The number of hydrogen-bond acceptors (Lipinski definition) is 5. The molecule has 0 aromatic carbocycles. The van der Waals surface area contributed by atoms with E-state index in [9.17, 15) is 14.4 Å². The first-order valence-electron chi connectivity index (χ1n) is 7.00. The van der Waals surface area contributed by atoms with Crippen molar-refractivity contribution in [2.24, 2.45) is 0 Å². The van der Waals surface area contributed by atoms with Crippen molar-refractivity contribution in [3.05, 3.63) is 31.5 Å². The van der Waals surface area contributed by atoms with Crippen LogP contribution in [0.4, 0.5) is 0 Å². The van der Waals surface area contributed by atoms with E-state index in [1.54, 1.807) is 30.4 Å². The van der Waals surface area contributed by atoms with Crippen molar-refractivity contribution < 1.29 is 0 Å². The third kappa shape index (κ3) is 4.54. The van der Waals surface area contributed by atoms with Gasteiger partial charge in [-0.25, -0.2) is 28.1 Å². The van der Waals surface area contributed by atoms with Crippen molar-refractivity contribution in [1.29, 1.82) is 0 Å². The Balaban J connectivity index is 3.23. The van der Waals surface area contributed by atoms with Crippen LogP contribution in [0.15, 0.2) is 14.4 Å². The second-order valence-corrected chi connectivity index (χ2v) is 6.56. The minimum Gasteiger partial charge on any atom is -0.247 e. The van der Waals surface area contributed by atoms with Crippen LogP contribution in [0.3, 0.4) is 0 Å². The van der Waals surface area contributed by atoms with E-state index < -0.39 is 17.1 Å². The molecule has 0 aliphatic rings. The molecule has 1 aromatic heterocycles. The third-order valence-electron chi connectivity index (χ3n) is 3.16. The predicted molar refractivity (Wildman–Crippen MR) is 90.9 cm³/mol. The molecule has 0 amide bonds. The number of aromatic nitrogens is 3. The minimum atomic E-state index is -0.491. The van der Waals surface area contributed by atoms with Gasteiger partial charge in [0, 0.05) is 19.6 Å². The summed E-state index contributed by atoms with van der Waals surface area (Å²) in [6.45, 7) is 2.75. The Hall–Kier alpha value is -0.890. The normalized spacial score (nSPS) is 11.0. The molecule has 0 saturated heterocycles. The molecule has 0 saturated carbocycles. The van der Waals surface area contributed by atoms with E-state index in [1.165, 1.54) is 9.13 Å². The van der Waals surface area contributed by atoms with Gasteiger partial charge in [-0.3, -0.25) is 0 Å². The first-order valence-corrected chi connectivity index (χ1v) is 9.79. The smallest absolute Gasteiger partial charge is 0.247 e. The van der Waals surface area contributed by atoms with Gasteiger partial charge in [0.05, 0.1) is 0 Å². The Morgan fingerprint density at radius 1 is 0.762 bits per heavy atom. The Morgan fingerprint density at radius 3 is 1.48 bits per heavy atom. The van der Waals surface area contributed by atoms with Crippen molar-refractivity contribution in [2.75, 3.05) is 24.0 Å². The molecule has 8 heteroatoms. The number of nitrogens with zero attached hydrogens (tertiary/aromatic N) is 3. The molecule has 21 heavy (non-hydrogen) atoms. The van der Waals surface area contributed by atoms with E-state index in [2.05, 4.69) is 0 Å². The molecule has 0 radical (unpaired) electrons. The zero-order valence-electron chi connectivity index (χ0n) is 12.8. The van der Waals surface area contributed by atoms with Gasteiger partial charge in [0.2, 0.25) is 0 Å². The quantitative estimate of drug-likeness (QED) is 0.622. The second-order valence-electron chi connectivity index (χ2n) is 4.59. The van der Waals surface area contributed by atoms with Crippen LogP contribution in [0.2, 0.25) is 0 Å². The Labute approximate surface area is 132 Å². The monoisotopic (exact) mass is 333 g/mol. The molecule has 0 spiro atoms. The van der Waals surface area contributed by atoms with Gasteiger partial charge in [-0.05, 0) is 43.8 Å². The summed E-state index contributed by atoms with van der Waals surface area (Å²) in [6, 6.07) is 0. The lowest BCUT2D eigenvalue weighted by molar-refractivity contribution is 0.449. The molecule has 1 aromatic rings. The molecule has 1 rings (SSSR count). The van der Waals surface area contributed by atoms with Gasteiger partial charge >= 0.3 is 17.1 Å². The van der Waals surface area contributed by atoms with Crippen molar-refractivity contribution in [2.45, 2.75) is 39.4 Å². The standard InChI is InChI=1S/C13H23N3O3S2/c1-4-14-11(17)15(7-5-9-20-2)13(19)16(12(14)18)8-6-10-21-3/h4-10H2,1-3H3. The van der Waals surface area contributed by atoms with E-state index in [0.717, 1.165) is 28.9 Å². The third-order valence-corrected chi connectivity index (χ3v) is 4.56. The Morgan fingerprint density at radius 2 is 1.14 bits per heavy atom. The molecule has 0 aliphatic heterocycles. The summed E-state index contributed by atoms with van der Waals surface area (Å²) >= 11 is 3.34. The molecule has 0 aliphatic carbocycles. The van der Waals surface area contributed by atoms with E-state index in [4.69, 9.17) is 0 Å². The van der Waals surface area contributed by atoms with Gasteiger partial charge in [0.25, 0.3) is 0 Å². The summed E-state index contributed by atoms with van der Waals surface area (Å²) in [6.07, 6.45) is 5.44. The summed E-state index contributed by atoms with van der Waals surface area (Å²) in [5, 5.41) is 0. The lowest BCUT2D eigenvalue weighted by Gasteiger charge is -2.12. The Bertz CT molecular complexity index is 570. The van der Waals surface area contributed by atoms with Gasteiger partial charge in [-0.2, -0.15) is 23.5 Å². The van der Waals surface area contributed by atoms with E-state index >= 15 is 0 Å². The molecule has 0 unspecified atom stereocenters. The molecule has 6 nitrogen and oxygen atoms in total. The first kappa shape index (κ1) is 18.2. The average Bonchev–Trinajstić information content (AvgIpc) is 2.47. The van der Waals surface area contributed by atoms with Crippen molar-refractivity contribution >= 4 is 23.5 Å². The highest BCUT2D eigenvalue weighted by Gasteiger charge is 2.13. The van der Waals surface area contributed by atoms with E-state index in [0.29, 0.717) is 13.1 Å². The average molecular weight is 333 g/mol. The van der Waals surface area contributed by atoms with Crippen LogP contribution in [-0.2, 0) is 19.6 Å². The fraction of sp³-hybridized carbons (Fsp3) is 0.769. The van der Waals surface area contributed by atoms with Crippen LogP contribution in [0.5, 0.6) is 0 Å².